The molecule has 1 aliphatic carbocycles. The van der Waals surface area contributed by atoms with Crippen LogP contribution in [0.2, 0.25) is 0 Å². The Morgan fingerprint density at radius 3 is 2.59 bits per heavy atom. The molecule has 1 aromatic rings. The molecule has 27 heavy (non-hydrogen) atoms. The molecule has 1 atom stereocenters. The van der Waals surface area contributed by atoms with Gasteiger partial charge >= 0.3 is 0 Å². The molecule has 0 unspecified atom stereocenters. The third-order valence-corrected chi connectivity index (χ3v) is 6.59. The van der Waals surface area contributed by atoms with Crippen molar-refractivity contribution in [2.45, 2.75) is 75.6 Å². The minimum absolute atomic E-state index is 0.00488. The first-order valence-electron chi connectivity index (χ1n) is 9.93. The molecule has 1 aliphatic heterocycles. The van der Waals surface area contributed by atoms with Crippen LogP contribution in [0.1, 0.15) is 64.7 Å². The molecule has 2 N–H and O–H groups in total. The molecule has 1 aromatic carbocycles. The van der Waals surface area contributed by atoms with E-state index in [1.54, 1.807) is 24.3 Å². The second kappa shape index (κ2) is 8.87. The number of carbonyl (C=O) groups excluding carboxylic acids is 1. The van der Waals surface area contributed by atoms with Crippen LogP contribution in [0.3, 0.4) is 0 Å². The number of benzene rings is 1. The number of amidine groups is 1. The average Bonchev–Trinajstić information content (AvgIpc) is 2.56. The van der Waals surface area contributed by atoms with Gasteiger partial charge in [-0.1, -0.05) is 51.2 Å². The highest BCUT2D eigenvalue weighted by Gasteiger charge is 2.25. The summed E-state index contributed by atoms with van der Waals surface area (Å²) in [5.41, 5.74) is 0.550. The number of anilines is 1. The first-order chi connectivity index (χ1) is 12.9. The molecule has 0 aromatic heterocycles. The van der Waals surface area contributed by atoms with Gasteiger partial charge in [0.15, 0.2) is 0 Å². The number of rotatable bonds is 5. The molecular formula is C20H29N3O3S. The maximum Gasteiger partial charge on any atom is 0.286 e. The lowest BCUT2D eigenvalue weighted by Gasteiger charge is -2.23. The normalized spacial score (nSPS) is 21.0. The van der Waals surface area contributed by atoms with Crippen molar-refractivity contribution in [1.29, 1.82) is 0 Å². The second-order valence-electron chi connectivity index (χ2n) is 7.76. The summed E-state index contributed by atoms with van der Waals surface area (Å²) >= 11 is 0. The summed E-state index contributed by atoms with van der Waals surface area (Å²) in [6, 6.07) is 7.02. The van der Waals surface area contributed by atoms with Crippen molar-refractivity contribution in [1.82, 2.24) is 5.32 Å². The quantitative estimate of drug-likeness (QED) is 0.798. The van der Waals surface area contributed by atoms with Crippen LogP contribution < -0.4 is 10.6 Å². The third kappa shape index (κ3) is 5.54. The smallest absolute Gasteiger partial charge is 0.286 e. The van der Waals surface area contributed by atoms with E-state index in [9.17, 15) is 13.2 Å². The fourth-order valence-electron chi connectivity index (χ4n) is 3.86. The minimum atomic E-state index is -3.67. The average molecular weight is 392 g/mol. The van der Waals surface area contributed by atoms with Crippen LogP contribution in [-0.4, -0.2) is 26.2 Å². The van der Waals surface area contributed by atoms with E-state index in [2.05, 4.69) is 15.0 Å². The van der Waals surface area contributed by atoms with Crippen LogP contribution in [0.5, 0.6) is 0 Å². The van der Waals surface area contributed by atoms with Gasteiger partial charge < -0.3 is 10.6 Å². The standard InChI is InChI=1S/C20H29N3O3S/c1-15(14-20(24)21-16-9-5-3-2-4-6-10-16)13-19-22-17-11-7-8-12-18(17)27(25,26)23-19/h7-8,11-12,15-16H,2-6,9-10,13-14H2,1H3,(H,21,24)(H,22,23)/t15-/m1/s1. The molecule has 0 saturated heterocycles. The van der Waals surface area contributed by atoms with E-state index < -0.39 is 10.0 Å². The van der Waals surface area contributed by atoms with Crippen molar-refractivity contribution in [2.24, 2.45) is 10.3 Å². The number of fused-ring (bicyclic) bond motifs is 1. The lowest BCUT2D eigenvalue weighted by molar-refractivity contribution is -0.122. The van der Waals surface area contributed by atoms with Gasteiger partial charge in [0.2, 0.25) is 5.91 Å². The number of nitrogens with zero attached hydrogens (tertiary/aromatic N) is 1. The van der Waals surface area contributed by atoms with Crippen molar-refractivity contribution in [3.05, 3.63) is 24.3 Å². The lowest BCUT2D eigenvalue weighted by atomic mass is 9.96. The molecule has 3 rings (SSSR count). The van der Waals surface area contributed by atoms with E-state index in [-0.39, 0.29) is 22.8 Å². The van der Waals surface area contributed by atoms with Crippen LogP contribution in [0, 0.1) is 5.92 Å². The Morgan fingerprint density at radius 2 is 1.85 bits per heavy atom. The summed E-state index contributed by atoms with van der Waals surface area (Å²) in [5, 5.41) is 6.26. The number of hydrogen-bond donors (Lipinski definition) is 2. The largest absolute Gasteiger partial charge is 0.353 e. The molecule has 148 valence electrons. The second-order valence-corrected chi connectivity index (χ2v) is 9.33. The highest BCUT2D eigenvalue weighted by molar-refractivity contribution is 7.90. The van der Waals surface area contributed by atoms with E-state index in [1.165, 1.54) is 32.1 Å². The third-order valence-electron chi connectivity index (χ3n) is 5.22. The molecule has 6 nitrogen and oxygen atoms in total. The zero-order valence-electron chi connectivity index (χ0n) is 15.9. The monoisotopic (exact) mass is 391 g/mol. The highest BCUT2D eigenvalue weighted by Crippen LogP contribution is 2.28. The molecule has 2 aliphatic rings. The number of sulfonamides is 1. The number of carbonyl (C=O) groups is 1. The fraction of sp³-hybridized carbons (Fsp3) is 0.600. The summed E-state index contributed by atoms with van der Waals surface area (Å²) in [7, 11) is -3.67. The Labute approximate surface area is 161 Å². The fourth-order valence-corrected chi connectivity index (χ4v) is 5.02. The Morgan fingerprint density at radius 1 is 1.19 bits per heavy atom. The van der Waals surface area contributed by atoms with Crippen LogP contribution in [0.4, 0.5) is 5.69 Å². The summed E-state index contributed by atoms with van der Waals surface area (Å²) in [6.07, 6.45) is 9.08. The van der Waals surface area contributed by atoms with Crippen molar-refractivity contribution < 1.29 is 13.2 Å². The Balaban J connectivity index is 1.54. The topological polar surface area (TPSA) is 87.6 Å². The maximum absolute atomic E-state index is 12.4. The Kier molecular flexibility index (Phi) is 6.52. The van der Waals surface area contributed by atoms with Gasteiger partial charge in [0.1, 0.15) is 10.7 Å². The van der Waals surface area contributed by atoms with Crippen LogP contribution in [0.15, 0.2) is 33.6 Å². The summed E-state index contributed by atoms with van der Waals surface area (Å²) in [5.74, 6) is 0.456. The molecule has 0 radical (unpaired) electrons. The predicted molar refractivity (Wildman–Crippen MR) is 107 cm³/mol. The van der Waals surface area contributed by atoms with Crippen molar-refractivity contribution >= 4 is 27.5 Å². The number of amides is 1. The van der Waals surface area contributed by atoms with Gasteiger partial charge in [-0.05, 0) is 30.9 Å². The lowest BCUT2D eigenvalue weighted by Crippen LogP contribution is -2.36. The Hall–Kier alpha value is -1.89. The number of nitrogens with one attached hydrogen (secondary N) is 2. The highest BCUT2D eigenvalue weighted by atomic mass is 32.2. The molecule has 0 spiro atoms. The molecular weight excluding hydrogens is 362 g/mol. The molecule has 1 fully saturated rings. The molecule has 7 heteroatoms. The van der Waals surface area contributed by atoms with Gasteiger partial charge in [0.05, 0.1) is 5.69 Å². The SMILES string of the molecule is C[C@@H](CC(=O)NC1CCCCCCC1)CC1=NS(=O)(=O)c2ccccc2N1. The van der Waals surface area contributed by atoms with Gasteiger partial charge in [-0.2, -0.15) is 8.42 Å². The molecule has 0 bridgehead atoms. The van der Waals surface area contributed by atoms with E-state index >= 15 is 0 Å². The molecule has 1 heterocycles. The summed E-state index contributed by atoms with van der Waals surface area (Å²) in [6.45, 7) is 1.95. The van der Waals surface area contributed by atoms with Crippen molar-refractivity contribution in [3.8, 4) is 0 Å². The first kappa shape index (κ1) is 19.9. The summed E-state index contributed by atoms with van der Waals surface area (Å²) < 4.78 is 28.5. The number of hydrogen-bond acceptors (Lipinski definition) is 4. The maximum atomic E-state index is 12.4. The zero-order chi connectivity index (χ0) is 19.3. The van der Waals surface area contributed by atoms with Crippen molar-refractivity contribution in [3.63, 3.8) is 0 Å². The van der Waals surface area contributed by atoms with Gasteiger partial charge in [0, 0.05) is 18.9 Å². The van der Waals surface area contributed by atoms with E-state index in [0.717, 1.165) is 12.8 Å². The van der Waals surface area contributed by atoms with Crippen molar-refractivity contribution in [2.75, 3.05) is 5.32 Å². The van der Waals surface area contributed by atoms with Crippen LogP contribution in [-0.2, 0) is 14.8 Å². The molecule has 1 saturated carbocycles. The van der Waals surface area contributed by atoms with Crippen LogP contribution in [0.25, 0.3) is 0 Å². The molecule has 1 amide bonds. The Bertz CT molecular complexity index is 796. The van der Waals surface area contributed by atoms with E-state index in [0.29, 0.717) is 24.4 Å². The zero-order valence-corrected chi connectivity index (χ0v) is 16.7. The number of para-hydroxylation sites is 1. The summed E-state index contributed by atoms with van der Waals surface area (Å²) in [4.78, 5) is 12.6. The first-order valence-corrected chi connectivity index (χ1v) is 11.4. The van der Waals surface area contributed by atoms with Crippen LogP contribution >= 0.6 is 0 Å². The minimum Gasteiger partial charge on any atom is -0.353 e. The van der Waals surface area contributed by atoms with Gasteiger partial charge in [0.25, 0.3) is 10.0 Å². The van der Waals surface area contributed by atoms with E-state index in [4.69, 9.17) is 0 Å². The van der Waals surface area contributed by atoms with Gasteiger partial charge in [-0.15, -0.1) is 4.40 Å². The van der Waals surface area contributed by atoms with E-state index in [1.807, 2.05) is 6.92 Å². The van der Waals surface area contributed by atoms with Gasteiger partial charge in [-0.3, -0.25) is 4.79 Å². The van der Waals surface area contributed by atoms with Gasteiger partial charge in [-0.25, -0.2) is 0 Å². The predicted octanol–water partition coefficient (Wildman–Crippen LogP) is 3.84.